The van der Waals surface area contributed by atoms with Crippen LogP contribution in [0.1, 0.15) is 16.8 Å². The van der Waals surface area contributed by atoms with Crippen LogP contribution in [0.5, 0.6) is 0 Å². The zero-order chi connectivity index (χ0) is 13.3. The molecule has 1 saturated heterocycles. The monoisotopic (exact) mass is 289 g/mol. The van der Waals surface area contributed by atoms with Gasteiger partial charge in [0, 0.05) is 18.5 Å². The van der Waals surface area contributed by atoms with Crippen LogP contribution in [0.3, 0.4) is 0 Å². The number of amides is 1. The Hall–Kier alpha value is -0.960. The van der Waals surface area contributed by atoms with E-state index in [2.05, 4.69) is 0 Å². The van der Waals surface area contributed by atoms with Crippen molar-refractivity contribution in [2.75, 3.05) is 19.6 Å². The van der Waals surface area contributed by atoms with E-state index in [-0.39, 0.29) is 15.7 Å². The molecule has 0 aromatic carbocycles. The first-order valence-corrected chi connectivity index (χ1v) is 7.85. The number of primary amides is 1. The van der Waals surface area contributed by atoms with Gasteiger partial charge in [-0.25, -0.2) is 8.42 Å². The third-order valence-electron chi connectivity index (χ3n) is 3.04. The van der Waals surface area contributed by atoms with E-state index in [1.54, 1.807) is 0 Å². The number of thiophene rings is 1. The highest BCUT2D eigenvalue weighted by Gasteiger charge is 2.33. The number of carbonyl (C=O) groups is 1. The Morgan fingerprint density at radius 3 is 2.78 bits per heavy atom. The molecule has 0 saturated carbocycles. The smallest absolute Gasteiger partial charge is 0.252 e. The molecule has 6 nitrogen and oxygen atoms in total. The van der Waals surface area contributed by atoms with Gasteiger partial charge in [0.2, 0.25) is 5.91 Å². The number of nitrogens with zero attached hydrogens (tertiary/aromatic N) is 1. The van der Waals surface area contributed by atoms with Crippen LogP contribution in [0.4, 0.5) is 0 Å². The highest BCUT2D eigenvalue weighted by atomic mass is 32.2. The molecule has 0 bridgehead atoms. The highest BCUT2D eigenvalue weighted by molar-refractivity contribution is 7.91. The number of hydrogen-bond acceptors (Lipinski definition) is 5. The number of rotatable bonds is 4. The summed E-state index contributed by atoms with van der Waals surface area (Å²) in [5, 5.41) is 1.46. The van der Waals surface area contributed by atoms with Crippen LogP contribution in [0.2, 0.25) is 0 Å². The van der Waals surface area contributed by atoms with Crippen LogP contribution >= 0.6 is 11.3 Å². The van der Waals surface area contributed by atoms with Crippen molar-refractivity contribution in [3.05, 3.63) is 17.0 Å². The standard InChI is InChI=1S/C10H15N3O3S2/c11-4-7-1-2-13(5-7)18(15,16)9-3-8(6-17-9)10(12)14/h3,6-7H,1-2,4-5,11H2,(H2,12,14)/t7-/m0/s1. The predicted octanol–water partition coefficient (Wildman–Crippen LogP) is -0.184. The van der Waals surface area contributed by atoms with Crippen LogP contribution in [0.25, 0.3) is 0 Å². The van der Waals surface area contributed by atoms with Gasteiger partial charge in [0.1, 0.15) is 4.21 Å². The van der Waals surface area contributed by atoms with Gasteiger partial charge < -0.3 is 11.5 Å². The van der Waals surface area contributed by atoms with Crippen molar-refractivity contribution in [3.63, 3.8) is 0 Å². The van der Waals surface area contributed by atoms with Crippen molar-refractivity contribution in [1.29, 1.82) is 0 Å². The van der Waals surface area contributed by atoms with Crippen molar-refractivity contribution in [2.24, 2.45) is 17.4 Å². The topological polar surface area (TPSA) is 106 Å². The summed E-state index contributed by atoms with van der Waals surface area (Å²) in [6.07, 6.45) is 0.782. The molecular weight excluding hydrogens is 274 g/mol. The molecule has 1 aromatic heterocycles. The average Bonchev–Trinajstić information content (AvgIpc) is 2.98. The maximum absolute atomic E-state index is 12.3. The molecule has 0 spiro atoms. The molecule has 1 aliphatic rings. The van der Waals surface area contributed by atoms with E-state index >= 15 is 0 Å². The summed E-state index contributed by atoms with van der Waals surface area (Å²) in [6, 6.07) is 1.33. The van der Waals surface area contributed by atoms with E-state index in [9.17, 15) is 13.2 Å². The Kier molecular flexibility index (Phi) is 3.71. The van der Waals surface area contributed by atoms with E-state index in [0.717, 1.165) is 17.8 Å². The van der Waals surface area contributed by atoms with Gasteiger partial charge in [-0.3, -0.25) is 4.79 Å². The largest absolute Gasteiger partial charge is 0.366 e. The van der Waals surface area contributed by atoms with E-state index < -0.39 is 15.9 Å². The number of sulfonamides is 1. The Labute approximate surface area is 110 Å². The molecule has 8 heteroatoms. The quantitative estimate of drug-likeness (QED) is 0.801. The molecular formula is C10H15N3O3S2. The minimum Gasteiger partial charge on any atom is -0.366 e. The van der Waals surface area contributed by atoms with E-state index in [1.165, 1.54) is 15.8 Å². The molecule has 1 amide bonds. The molecule has 0 aliphatic carbocycles. The molecule has 0 radical (unpaired) electrons. The summed E-state index contributed by atoms with van der Waals surface area (Å²) < 4.78 is 26.1. The summed E-state index contributed by atoms with van der Waals surface area (Å²) in [6.45, 7) is 1.42. The fourth-order valence-corrected chi connectivity index (χ4v) is 4.77. The van der Waals surface area contributed by atoms with Gasteiger partial charge >= 0.3 is 0 Å². The second-order valence-corrected chi connectivity index (χ2v) is 7.35. The van der Waals surface area contributed by atoms with Crippen LogP contribution in [-0.4, -0.2) is 38.3 Å². The lowest BCUT2D eigenvalue weighted by Crippen LogP contribution is -2.29. The lowest BCUT2D eigenvalue weighted by atomic mass is 10.1. The Morgan fingerprint density at radius 2 is 2.28 bits per heavy atom. The first kappa shape index (κ1) is 13.5. The van der Waals surface area contributed by atoms with Crippen LogP contribution in [-0.2, 0) is 10.0 Å². The zero-order valence-electron chi connectivity index (χ0n) is 9.70. The molecule has 0 unspecified atom stereocenters. The van der Waals surface area contributed by atoms with Crippen molar-refractivity contribution >= 4 is 27.3 Å². The molecule has 4 N–H and O–H groups in total. The normalized spacial score (nSPS) is 21.3. The number of carbonyl (C=O) groups excluding carboxylic acids is 1. The van der Waals surface area contributed by atoms with Crippen molar-refractivity contribution in [3.8, 4) is 0 Å². The lowest BCUT2D eigenvalue weighted by molar-refractivity contribution is 0.100. The van der Waals surface area contributed by atoms with Crippen LogP contribution in [0, 0.1) is 5.92 Å². The SMILES string of the molecule is NC[C@@H]1CCN(S(=O)(=O)c2cc(C(N)=O)cs2)C1. The molecule has 100 valence electrons. The summed E-state index contributed by atoms with van der Waals surface area (Å²) in [4.78, 5) is 11.0. The fraction of sp³-hybridized carbons (Fsp3) is 0.500. The highest BCUT2D eigenvalue weighted by Crippen LogP contribution is 2.27. The third kappa shape index (κ3) is 2.41. The lowest BCUT2D eigenvalue weighted by Gasteiger charge is -2.14. The van der Waals surface area contributed by atoms with Gasteiger partial charge in [-0.2, -0.15) is 4.31 Å². The van der Waals surface area contributed by atoms with Crippen LogP contribution < -0.4 is 11.5 Å². The van der Waals surface area contributed by atoms with Crippen molar-refractivity contribution < 1.29 is 13.2 Å². The van der Waals surface area contributed by atoms with Crippen molar-refractivity contribution in [1.82, 2.24) is 4.31 Å². The molecule has 1 aromatic rings. The predicted molar refractivity (Wildman–Crippen MR) is 68.8 cm³/mol. The van der Waals surface area contributed by atoms with Gasteiger partial charge in [-0.1, -0.05) is 0 Å². The zero-order valence-corrected chi connectivity index (χ0v) is 11.3. The maximum Gasteiger partial charge on any atom is 0.252 e. The summed E-state index contributed by atoms with van der Waals surface area (Å²) in [7, 11) is -3.51. The number of hydrogen-bond donors (Lipinski definition) is 2. The second kappa shape index (κ2) is 4.96. The van der Waals surface area contributed by atoms with E-state index in [1.807, 2.05) is 0 Å². The maximum atomic E-state index is 12.3. The molecule has 1 fully saturated rings. The minimum absolute atomic E-state index is 0.161. The van der Waals surface area contributed by atoms with E-state index in [4.69, 9.17) is 11.5 Å². The van der Waals surface area contributed by atoms with Gasteiger partial charge in [0.15, 0.2) is 0 Å². The summed E-state index contributed by atoms with van der Waals surface area (Å²) in [5.74, 6) is -0.399. The van der Waals surface area contributed by atoms with Gasteiger partial charge in [0.05, 0.1) is 5.56 Å². The van der Waals surface area contributed by atoms with Gasteiger partial charge in [-0.15, -0.1) is 11.3 Å². The van der Waals surface area contributed by atoms with Gasteiger partial charge in [-0.05, 0) is 24.9 Å². The first-order chi connectivity index (χ1) is 8.45. The average molecular weight is 289 g/mol. The summed E-state index contributed by atoms with van der Waals surface area (Å²) in [5.41, 5.74) is 10.9. The summed E-state index contributed by atoms with van der Waals surface area (Å²) >= 11 is 1.02. The van der Waals surface area contributed by atoms with Gasteiger partial charge in [0.25, 0.3) is 10.0 Å². The van der Waals surface area contributed by atoms with Crippen molar-refractivity contribution in [2.45, 2.75) is 10.6 Å². The molecule has 2 heterocycles. The minimum atomic E-state index is -3.51. The van der Waals surface area contributed by atoms with Crippen LogP contribution in [0.15, 0.2) is 15.7 Å². The number of nitrogens with two attached hydrogens (primary N) is 2. The molecule has 2 rings (SSSR count). The Balaban J connectivity index is 2.23. The molecule has 18 heavy (non-hydrogen) atoms. The Morgan fingerprint density at radius 1 is 1.56 bits per heavy atom. The Bertz CT molecular complexity index is 552. The first-order valence-electron chi connectivity index (χ1n) is 5.53. The fourth-order valence-electron chi connectivity index (χ4n) is 1.92. The molecule has 1 aliphatic heterocycles. The third-order valence-corrected chi connectivity index (χ3v) is 6.32. The second-order valence-electron chi connectivity index (χ2n) is 4.27. The van der Waals surface area contributed by atoms with E-state index in [0.29, 0.717) is 19.6 Å². The molecule has 1 atom stereocenters.